The molecule has 6 heteroatoms. The van der Waals surface area contributed by atoms with Crippen LogP contribution in [0.25, 0.3) is 0 Å². The molecule has 0 aromatic rings. The lowest BCUT2D eigenvalue weighted by Crippen LogP contribution is -1.86. The van der Waals surface area contributed by atoms with Gasteiger partial charge in [-0.25, -0.2) is 0 Å². The monoisotopic (exact) mass is 170 g/mol. The van der Waals surface area contributed by atoms with Gasteiger partial charge in [-0.1, -0.05) is 0 Å². The van der Waals surface area contributed by atoms with E-state index in [-0.39, 0.29) is 12.6 Å². The zero-order valence-corrected chi connectivity index (χ0v) is 6.49. The first kappa shape index (κ1) is 12.5. The van der Waals surface area contributed by atoms with Gasteiger partial charge in [0.05, 0.1) is 6.16 Å². The molecule has 0 bridgehead atoms. The zero-order chi connectivity index (χ0) is 8.62. The summed E-state index contributed by atoms with van der Waals surface area (Å²) in [7, 11) is -2.91. The van der Waals surface area contributed by atoms with Crippen molar-refractivity contribution in [3.05, 3.63) is 0 Å². The Morgan fingerprint density at radius 3 is 1.90 bits per heavy atom. The molecule has 0 radical (unpaired) electrons. The molecule has 0 heterocycles. The Kier molecular flexibility index (Phi) is 8.59. The standard InChI is InChI=1S/C3H7O4P.CH4O/c4-2-1-3-8(5,6)7;1-2/h2H,1,3H2,(H2,5,6,7);2H,1H3. The molecule has 0 saturated heterocycles. The number of aldehydes is 1. The van der Waals surface area contributed by atoms with Gasteiger partial charge < -0.3 is 19.7 Å². The van der Waals surface area contributed by atoms with Gasteiger partial charge in [0.15, 0.2) is 0 Å². The summed E-state index contributed by atoms with van der Waals surface area (Å²) in [5, 5.41) is 7.00. The molecular weight excluding hydrogens is 159 g/mol. The lowest BCUT2D eigenvalue weighted by Gasteiger charge is -1.96. The largest absolute Gasteiger partial charge is 0.400 e. The zero-order valence-electron chi connectivity index (χ0n) is 5.60. The first-order valence-corrected chi connectivity index (χ1v) is 4.29. The van der Waals surface area contributed by atoms with Crippen LogP contribution in [0.2, 0.25) is 0 Å². The number of aliphatic hydroxyl groups excluding tert-OH is 1. The lowest BCUT2D eigenvalue weighted by molar-refractivity contribution is -0.107. The van der Waals surface area contributed by atoms with Crippen LogP contribution in [0.3, 0.4) is 0 Å². The molecule has 5 nitrogen and oxygen atoms in total. The van der Waals surface area contributed by atoms with E-state index in [1.807, 2.05) is 0 Å². The van der Waals surface area contributed by atoms with Crippen LogP contribution in [0.4, 0.5) is 0 Å². The molecule has 0 atom stereocenters. The SMILES string of the molecule is CO.O=CCCP(=O)(O)O. The smallest absolute Gasteiger partial charge is 0.325 e. The number of carbonyl (C=O) groups is 1. The summed E-state index contributed by atoms with van der Waals surface area (Å²) in [5.41, 5.74) is 0. The molecule has 0 spiro atoms. The van der Waals surface area contributed by atoms with Crippen molar-refractivity contribution < 1.29 is 24.3 Å². The summed E-state index contributed by atoms with van der Waals surface area (Å²) in [6, 6.07) is 0. The highest BCUT2D eigenvalue weighted by Crippen LogP contribution is 2.34. The van der Waals surface area contributed by atoms with Crippen molar-refractivity contribution in [3.63, 3.8) is 0 Å². The van der Waals surface area contributed by atoms with Crippen LogP contribution in [-0.2, 0) is 9.36 Å². The molecule has 0 amide bonds. The summed E-state index contributed by atoms with van der Waals surface area (Å²) >= 11 is 0. The van der Waals surface area contributed by atoms with Crippen LogP contribution in [0.15, 0.2) is 0 Å². The summed E-state index contributed by atoms with van der Waals surface area (Å²) in [6.07, 6.45) is 0.0832. The van der Waals surface area contributed by atoms with Crippen LogP contribution in [0, 0.1) is 0 Å². The molecule has 0 aliphatic rings. The average Bonchev–Trinajstić information content (AvgIpc) is 1.87. The molecule has 0 fully saturated rings. The first-order valence-electron chi connectivity index (χ1n) is 2.49. The first-order chi connectivity index (χ1) is 4.56. The highest BCUT2D eigenvalue weighted by molar-refractivity contribution is 7.51. The molecule has 0 unspecified atom stereocenters. The van der Waals surface area contributed by atoms with E-state index in [1.54, 1.807) is 0 Å². The molecule has 10 heavy (non-hydrogen) atoms. The van der Waals surface area contributed by atoms with Crippen molar-refractivity contribution in [1.29, 1.82) is 0 Å². The summed E-state index contributed by atoms with van der Waals surface area (Å²) in [6.45, 7) is 0. The average molecular weight is 170 g/mol. The summed E-state index contributed by atoms with van der Waals surface area (Å²) in [4.78, 5) is 25.7. The molecular formula is C4H11O5P. The molecule has 0 aromatic carbocycles. The van der Waals surface area contributed by atoms with Crippen molar-refractivity contribution in [2.45, 2.75) is 6.42 Å². The quantitative estimate of drug-likeness (QED) is 0.387. The Morgan fingerprint density at radius 1 is 1.40 bits per heavy atom. The minimum Gasteiger partial charge on any atom is -0.400 e. The molecule has 0 aromatic heterocycles. The third-order valence-electron chi connectivity index (χ3n) is 0.538. The fraction of sp³-hybridized carbons (Fsp3) is 0.750. The Morgan fingerprint density at radius 2 is 1.80 bits per heavy atom. The third kappa shape index (κ3) is 15.7. The fourth-order valence-electron chi connectivity index (χ4n) is 0.221. The van der Waals surface area contributed by atoms with Gasteiger partial charge in [-0.3, -0.25) is 4.57 Å². The maximum Gasteiger partial charge on any atom is 0.325 e. The molecule has 0 saturated carbocycles. The van der Waals surface area contributed by atoms with Crippen LogP contribution in [-0.4, -0.2) is 34.5 Å². The fourth-order valence-corrected chi connectivity index (χ4v) is 0.663. The summed E-state index contributed by atoms with van der Waals surface area (Å²) in [5.74, 6) is 0. The Hall–Kier alpha value is -0.220. The normalized spacial score (nSPS) is 9.60. The van der Waals surface area contributed by atoms with Gasteiger partial charge in [0, 0.05) is 13.5 Å². The van der Waals surface area contributed by atoms with Crippen LogP contribution in [0.5, 0.6) is 0 Å². The molecule has 0 aliphatic heterocycles. The van der Waals surface area contributed by atoms with Crippen LogP contribution < -0.4 is 0 Å². The van der Waals surface area contributed by atoms with Gasteiger partial charge in [-0.15, -0.1) is 0 Å². The minimum absolute atomic E-state index is 0.0652. The Bertz CT molecular complexity index is 117. The number of hydrogen-bond acceptors (Lipinski definition) is 3. The van der Waals surface area contributed by atoms with E-state index in [2.05, 4.69) is 0 Å². The second-order valence-electron chi connectivity index (χ2n) is 1.34. The van der Waals surface area contributed by atoms with E-state index in [0.29, 0.717) is 6.29 Å². The van der Waals surface area contributed by atoms with E-state index < -0.39 is 7.60 Å². The number of aliphatic hydroxyl groups is 1. The lowest BCUT2D eigenvalue weighted by atomic mass is 10.6. The van der Waals surface area contributed by atoms with Crippen molar-refractivity contribution in [3.8, 4) is 0 Å². The highest BCUT2D eigenvalue weighted by atomic mass is 31.2. The summed E-state index contributed by atoms with van der Waals surface area (Å²) < 4.78 is 9.93. The van der Waals surface area contributed by atoms with Gasteiger partial charge in [0.2, 0.25) is 0 Å². The van der Waals surface area contributed by atoms with E-state index in [0.717, 1.165) is 7.11 Å². The third-order valence-corrected chi connectivity index (χ3v) is 1.38. The van der Waals surface area contributed by atoms with E-state index in [4.69, 9.17) is 14.9 Å². The van der Waals surface area contributed by atoms with Gasteiger partial charge in [-0.2, -0.15) is 0 Å². The Labute approximate surface area is 58.8 Å². The molecule has 0 aliphatic carbocycles. The number of hydrogen-bond donors (Lipinski definition) is 3. The number of carbonyl (C=O) groups excluding carboxylic acids is 1. The van der Waals surface area contributed by atoms with Crippen molar-refractivity contribution in [2.24, 2.45) is 0 Å². The molecule has 0 rings (SSSR count). The predicted octanol–water partition coefficient (Wildman–Crippen LogP) is -0.638. The highest BCUT2D eigenvalue weighted by Gasteiger charge is 2.10. The van der Waals surface area contributed by atoms with Crippen molar-refractivity contribution >= 4 is 13.9 Å². The van der Waals surface area contributed by atoms with Crippen molar-refractivity contribution in [1.82, 2.24) is 0 Å². The minimum atomic E-state index is -3.91. The van der Waals surface area contributed by atoms with Crippen LogP contribution in [0.1, 0.15) is 6.42 Å². The van der Waals surface area contributed by atoms with E-state index in [1.165, 1.54) is 0 Å². The van der Waals surface area contributed by atoms with E-state index in [9.17, 15) is 9.36 Å². The second-order valence-corrected chi connectivity index (χ2v) is 3.12. The second kappa shape index (κ2) is 6.89. The maximum atomic E-state index is 9.93. The van der Waals surface area contributed by atoms with Gasteiger partial charge >= 0.3 is 7.60 Å². The predicted molar refractivity (Wildman–Crippen MR) is 35.7 cm³/mol. The van der Waals surface area contributed by atoms with Crippen LogP contribution >= 0.6 is 7.60 Å². The topological polar surface area (TPSA) is 94.8 Å². The maximum absolute atomic E-state index is 9.93. The number of rotatable bonds is 3. The van der Waals surface area contributed by atoms with Gasteiger partial charge in [0.25, 0.3) is 0 Å². The van der Waals surface area contributed by atoms with Crippen molar-refractivity contribution in [2.75, 3.05) is 13.3 Å². The molecule has 62 valence electrons. The van der Waals surface area contributed by atoms with Gasteiger partial charge in [0.1, 0.15) is 6.29 Å². The molecule has 3 N–H and O–H groups in total. The van der Waals surface area contributed by atoms with E-state index >= 15 is 0 Å². The Balaban J connectivity index is 0. The van der Waals surface area contributed by atoms with Gasteiger partial charge in [-0.05, 0) is 0 Å².